The maximum Gasteiger partial charge on any atom is 0.258 e. The molecule has 6 heteroatoms. The van der Waals surface area contributed by atoms with Crippen LogP contribution in [0.15, 0.2) is 48.5 Å². The molecule has 1 aliphatic rings. The minimum Gasteiger partial charge on any atom is -0.497 e. The molecule has 0 saturated carbocycles. The summed E-state index contributed by atoms with van der Waals surface area (Å²) in [6.07, 6.45) is 0.280. The van der Waals surface area contributed by atoms with E-state index in [0.29, 0.717) is 12.3 Å². The first-order valence-electron chi connectivity index (χ1n) is 8.48. The summed E-state index contributed by atoms with van der Waals surface area (Å²) >= 11 is 0. The lowest BCUT2D eigenvalue weighted by Gasteiger charge is -2.17. The highest BCUT2D eigenvalue weighted by molar-refractivity contribution is 5.97. The second kappa shape index (κ2) is 7.91. The first-order chi connectivity index (χ1) is 12.5. The van der Waals surface area contributed by atoms with Gasteiger partial charge in [0.1, 0.15) is 11.5 Å². The van der Waals surface area contributed by atoms with Gasteiger partial charge in [-0.15, -0.1) is 0 Å². The van der Waals surface area contributed by atoms with Gasteiger partial charge in [-0.1, -0.05) is 12.1 Å². The van der Waals surface area contributed by atoms with Crippen LogP contribution < -0.4 is 19.7 Å². The molecule has 1 aliphatic heterocycles. The first-order valence-corrected chi connectivity index (χ1v) is 8.48. The third-order valence-corrected chi connectivity index (χ3v) is 4.23. The molecule has 1 fully saturated rings. The zero-order valence-electron chi connectivity index (χ0n) is 14.9. The molecule has 3 rings (SSSR count). The van der Waals surface area contributed by atoms with Crippen LogP contribution in [0.25, 0.3) is 0 Å². The average Bonchev–Trinajstić information content (AvgIpc) is 3.00. The Morgan fingerprint density at radius 1 is 1.19 bits per heavy atom. The van der Waals surface area contributed by atoms with Gasteiger partial charge in [0, 0.05) is 18.7 Å². The zero-order valence-corrected chi connectivity index (χ0v) is 14.9. The van der Waals surface area contributed by atoms with E-state index in [4.69, 9.17) is 9.47 Å². The van der Waals surface area contributed by atoms with Gasteiger partial charge in [0.15, 0.2) is 6.61 Å². The van der Waals surface area contributed by atoms with Crippen LogP contribution in [0, 0.1) is 6.92 Å². The van der Waals surface area contributed by atoms with E-state index in [-0.39, 0.29) is 30.9 Å². The van der Waals surface area contributed by atoms with Crippen LogP contribution in [0.5, 0.6) is 11.5 Å². The van der Waals surface area contributed by atoms with Crippen molar-refractivity contribution in [2.24, 2.45) is 0 Å². The average molecular weight is 354 g/mol. The summed E-state index contributed by atoms with van der Waals surface area (Å²) in [6, 6.07) is 14.6. The lowest BCUT2D eigenvalue weighted by atomic mass is 10.2. The van der Waals surface area contributed by atoms with Crippen molar-refractivity contribution in [2.75, 3.05) is 25.2 Å². The van der Waals surface area contributed by atoms with Crippen LogP contribution in [0.2, 0.25) is 0 Å². The monoisotopic (exact) mass is 354 g/mol. The smallest absolute Gasteiger partial charge is 0.258 e. The highest BCUT2D eigenvalue weighted by Crippen LogP contribution is 2.24. The Hall–Kier alpha value is -3.02. The van der Waals surface area contributed by atoms with Crippen LogP contribution in [0.3, 0.4) is 0 Å². The third-order valence-electron chi connectivity index (χ3n) is 4.23. The third kappa shape index (κ3) is 4.33. The second-order valence-corrected chi connectivity index (χ2v) is 6.28. The standard InChI is InChI=1S/C20H22N2O4/c1-14-4-3-5-18(10-14)26-13-19(23)21-15-11-20(24)22(12-15)16-6-8-17(25-2)9-7-16/h3-10,15H,11-13H2,1-2H3,(H,21,23)/t15-/m1/s1. The molecule has 2 amide bonds. The molecule has 0 radical (unpaired) electrons. The van der Waals surface area contributed by atoms with Gasteiger partial charge in [0.2, 0.25) is 5.91 Å². The molecule has 136 valence electrons. The van der Waals surface area contributed by atoms with Gasteiger partial charge >= 0.3 is 0 Å². The number of hydrogen-bond donors (Lipinski definition) is 1. The largest absolute Gasteiger partial charge is 0.497 e. The van der Waals surface area contributed by atoms with Gasteiger partial charge in [0.25, 0.3) is 5.91 Å². The van der Waals surface area contributed by atoms with Crippen molar-refractivity contribution >= 4 is 17.5 Å². The maximum atomic E-state index is 12.3. The van der Waals surface area contributed by atoms with E-state index in [0.717, 1.165) is 17.0 Å². The highest BCUT2D eigenvalue weighted by Gasteiger charge is 2.31. The lowest BCUT2D eigenvalue weighted by Crippen LogP contribution is -2.39. The Balaban J connectivity index is 1.52. The topological polar surface area (TPSA) is 67.9 Å². The van der Waals surface area contributed by atoms with Crippen molar-refractivity contribution in [3.63, 3.8) is 0 Å². The number of hydrogen-bond acceptors (Lipinski definition) is 4. The van der Waals surface area contributed by atoms with Crippen LogP contribution in [0.4, 0.5) is 5.69 Å². The van der Waals surface area contributed by atoms with E-state index in [9.17, 15) is 9.59 Å². The van der Waals surface area contributed by atoms with E-state index in [1.54, 1.807) is 12.0 Å². The predicted octanol–water partition coefficient (Wildman–Crippen LogP) is 2.30. The predicted molar refractivity (Wildman–Crippen MR) is 98.6 cm³/mol. The van der Waals surface area contributed by atoms with E-state index >= 15 is 0 Å². The molecule has 6 nitrogen and oxygen atoms in total. The molecule has 0 unspecified atom stereocenters. The lowest BCUT2D eigenvalue weighted by molar-refractivity contribution is -0.123. The summed E-state index contributed by atoms with van der Waals surface area (Å²) in [5.41, 5.74) is 1.86. The van der Waals surface area contributed by atoms with Crippen LogP contribution in [-0.4, -0.2) is 38.1 Å². The number of ether oxygens (including phenoxy) is 2. The Labute approximate surface area is 152 Å². The Kier molecular flexibility index (Phi) is 5.41. The Morgan fingerprint density at radius 2 is 1.96 bits per heavy atom. The number of rotatable bonds is 6. The molecular weight excluding hydrogens is 332 g/mol. The fraction of sp³-hybridized carbons (Fsp3) is 0.300. The van der Waals surface area contributed by atoms with Crippen LogP contribution in [-0.2, 0) is 9.59 Å². The van der Waals surface area contributed by atoms with Crippen molar-refractivity contribution < 1.29 is 19.1 Å². The van der Waals surface area contributed by atoms with Gasteiger partial charge in [0.05, 0.1) is 13.2 Å². The fourth-order valence-electron chi connectivity index (χ4n) is 2.94. The molecule has 0 aliphatic carbocycles. The molecule has 26 heavy (non-hydrogen) atoms. The van der Waals surface area contributed by atoms with Gasteiger partial charge in [-0.25, -0.2) is 0 Å². The Morgan fingerprint density at radius 3 is 2.65 bits per heavy atom. The first kappa shape index (κ1) is 17.8. The molecular formula is C20H22N2O4. The minimum atomic E-state index is -0.235. The zero-order chi connectivity index (χ0) is 18.5. The number of nitrogens with one attached hydrogen (secondary N) is 1. The van der Waals surface area contributed by atoms with Crippen molar-refractivity contribution in [3.8, 4) is 11.5 Å². The van der Waals surface area contributed by atoms with Crippen molar-refractivity contribution in [2.45, 2.75) is 19.4 Å². The van der Waals surface area contributed by atoms with E-state index in [1.165, 1.54) is 0 Å². The van der Waals surface area contributed by atoms with Crippen molar-refractivity contribution in [1.82, 2.24) is 5.32 Å². The summed E-state index contributed by atoms with van der Waals surface area (Å²) in [6.45, 7) is 2.34. The van der Waals surface area contributed by atoms with E-state index in [2.05, 4.69) is 5.32 Å². The number of carbonyl (C=O) groups excluding carboxylic acids is 2. The number of amides is 2. The summed E-state index contributed by atoms with van der Waals surface area (Å²) in [4.78, 5) is 26.0. The number of benzene rings is 2. The SMILES string of the molecule is COc1ccc(N2C[C@H](NC(=O)COc3cccc(C)c3)CC2=O)cc1. The van der Waals surface area contributed by atoms with Gasteiger partial charge < -0.3 is 19.7 Å². The summed E-state index contributed by atoms with van der Waals surface area (Å²) < 4.78 is 10.6. The molecule has 2 aromatic carbocycles. The molecule has 0 spiro atoms. The highest BCUT2D eigenvalue weighted by atomic mass is 16.5. The van der Waals surface area contributed by atoms with Crippen LogP contribution in [0.1, 0.15) is 12.0 Å². The quantitative estimate of drug-likeness (QED) is 0.864. The Bertz CT molecular complexity index is 789. The number of nitrogens with zero attached hydrogens (tertiary/aromatic N) is 1. The summed E-state index contributed by atoms with van der Waals surface area (Å²) in [5.74, 6) is 1.14. The molecule has 1 N–H and O–H groups in total. The number of methoxy groups -OCH3 is 1. The molecule has 1 saturated heterocycles. The molecule has 0 aromatic heterocycles. The number of carbonyl (C=O) groups is 2. The van der Waals surface area contributed by atoms with Gasteiger partial charge in [-0.05, 0) is 48.9 Å². The second-order valence-electron chi connectivity index (χ2n) is 6.28. The number of anilines is 1. The van der Waals surface area contributed by atoms with Crippen molar-refractivity contribution in [3.05, 3.63) is 54.1 Å². The molecule has 1 heterocycles. The summed E-state index contributed by atoms with van der Waals surface area (Å²) in [7, 11) is 1.60. The number of aryl methyl sites for hydroxylation is 1. The minimum absolute atomic E-state index is 0.0138. The molecule has 0 bridgehead atoms. The maximum absolute atomic E-state index is 12.3. The van der Waals surface area contributed by atoms with E-state index < -0.39 is 0 Å². The fourth-order valence-corrected chi connectivity index (χ4v) is 2.94. The van der Waals surface area contributed by atoms with Gasteiger partial charge in [-0.2, -0.15) is 0 Å². The normalized spacial score (nSPS) is 16.5. The molecule has 2 aromatic rings. The summed E-state index contributed by atoms with van der Waals surface area (Å²) in [5, 5.41) is 2.87. The van der Waals surface area contributed by atoms with Crippen LogP contribution >= 0.6 is 0 Å². The van der Waals surface area contributed by atoms with Gasteiger partial charge in [-0.3, -0.25) is 9.59 Å². The van der Waals surface area contributed by atoms with Crippen molar-refractivity contribution in [1.29, 1.82) is 0 Å². The molecule has 1 atom stereocenters. The van der Waals surface area contributed by atoms with E-state index in [1.807, 2.05) is 55.5 Å².